The van der Waals surface area contributed by atoms with Crippen LogP contribution >= 0.6 is 24.0 Å². The Morgan fingerprint density at radius 2 is 2.00 bits per heavy atom. The highest BCUT2D eigenvalue weighted by atomic mass is 127. The first-order valence-electron chi connectivity index (χ1n) is 9.22. The molecule has 0 aliphatic heterocycles. The zero-order valence-electron chi connectivity index (χ0n) is 15.8. The minimum absolute atomic E-state index is 0. The van der Waals surface area contributed by atoms with Crippen molar-refractivity contribution in [3.63, 3.8) is 0 Å². The SMILES string of the molecule is I.NC(=NCc1ccc(Oc2cccnc2)c(F)c1)Nc1ccc2c(c1)CCC2. The van der Waals surface area contributed by atoms with E-state index in [9.17, 15) is 4.39 Å². The second-order valence-corrected chi connectivity index (χ2v) is 6.72. The van der Waals surface area contributed by atoms with E-state index in [1.807, 2.05) is 6.07 Å². The third kappa shape index (κ3) is 5.44. The van der Waals surface area contributed by atoms with Gasteiger partial charge in [-0.05, 0) is 72.4 Å². The van der Waals surface area contributed by atoms with Crippen LogP contribution in [-0.4, -0.2) is 10.9 Å². The Kier molecular flexibility index (Phi) is 7.03. The van der Waals surface area contributed by atoms with Crippen LogP contribution in [0.1, 0.15) is 23.1 Å². The minimum atomic E-state index is -0.457. The zero-order valence-corrected chi connectivity index (χ0v) is 18.1. The van der Waals surface area contributed by atoms with Crippen molar-refractivity contribution in [2.45, 2.75) is 25.8 Å². The van der Waals surface area contributed by atoms with Crippen molar-refractivity contribution in [1.82, 2.24) is 4.98 Å². The van der Waals surface area contributed by atoms with Crippen molar-refractivity contribution in [3.05, 3.63) is 83.4 Å². The lowest BCUT2D eigenvalue weighted by Gasteiger charge is -2.09. The number of nitrogens with zero attached hydrogens (tertiary/aromatic N) is 2. The Morgan fingerprint density at radius 1 is 1.14 bits per heavy atom. The van der Waals surface area contributed by atoms with Gasteiger partial charge in [-0.15, -0.1) is 24.0 Å². The van der Waals surface area contributed by atoms with Crippen LogP contribution in [0.5, 0.6) is 11.5 Å². The van der Waals surface area contributed by atoms with Gasteiger partial charge in [0.15, 0.2) is 17.5 Å². The Hall–Kier alpha value is -2.68. The van der Waals surface area contributed by atoms with Gasteiger partial charge in [0.25, 0.3) is 0 Å². The van der Waals surface area contributed by atoms with E-state index < -0.39 is 5.82 Å². The van der Waals surface area contributed by atoms with Crippen LogP contribution in [0.3, 0.4) is 0 Å². The second kappa shape index (κ2) is 9.69. The first-order valence-corrected chi connectivity index (χ1v) is 9.22. The van der Waals surface area contributed by atoms with Crippen LogP contribution in [-0.2, 0) is 19.4 Å². The summed E-state index contributed by atoms with van der Waals surface area (Å²) in [4.78, 5) is 8.25. The maximum absolute atomic E-state index is 14.3. The Labute approximate surface area is 186 Å². The summed E-state index contributed by atoms with van der Waals surface area (Å²) in [6.45, 7) is 0.272. The molecule has 0 saturated heterocycles. The molecule has 0 amide bonds. The fraction of sp³-hybridized carbons (Fsp3) is 0.182. The van der Waals surface area contributed by atoms with Crippen LogP contribution < -0.4 is 15.8 Å². The molecule has 29 heavy (non-hydrogen) atoms. The predicted octanol–water partition coefficient (Wildman–Crippen LogP) is 5.05. The largest absolute Gasteiger partial charge is 0.453 e. The lowest BCUT2D eigenvalue weighted by atomic mass is 10.1. The van der Waals surface area contributed by atoms with Gasteiger partial charge >= 0.3 is 0 Å². The second-order valence-electron chi connectivity index (χ2n) is 6.72. The molecule has 1 aliphatic rings. The number of rotatable bonds is 5. The van der Waals surface area contributed by atoms with Gasteiger partial charge < -0.3 is 15.8 Å². The summed E-state index contributed by atoms with van der Waals surface area (Å²) < 4.78 is 19.8. The molecule has 0 saturated carbocycles. The van der Waals surface area contributed by atoms with Crippen LogP contribution in [0.15, 0.2) is 65.9 Å². The van der Waals surface area contributed by atoms with E-state index in [0.29, 0.717) is 17.3 Å². The molecule has 4 rings (SSSR count). The van der Waals surface area contributed by atoms with Crippen LogP contribution in [0.2, 0.25) is 0 Å². The fourth-order valence-electron chi connectivity index (χ4n) is 3.27. The molecule has 0 radical (unpaired) electrons. The third-order valence-electron chi connectivity index (χ3n) is 4.66. The number of nitrogens with two attached hydrogens (primary N) is 1. The van der Waals surface area contributed by atoms with Gasteiger partial charge in [0.1, 0.15) is 5.75 Å². The van der Waals surface area contributed by atoms with E-state index in [0.717, 1.165) is 18.5 Å². The topological polar surface area (TPSA) is 72.5 Å². The molecule has 1 aliphatic carbocycles. The number of aryl methyl sites for hydroxylation is 2. The van der Waals surface area contributed by atoms with E-state index in [-0.39, 0.29) is 36.3 Å². The first-order chi connectivity index (χ1) is 13.7. The summed E-state index contributed by atoms with van der Waals surface area (Å²) in [7, 11) is 0. The average Bonchev–Trinajstić information content (AvgIpc) is 3.17. The number of aromatic nitrogens is 1. The number of nitrogens with one attached hydrogen (secondary N) is 1. The molecule has 1 heterocycles. The van der Waals surface area contributed by atoms with Crippen molar-refractivity contribution >= 4 is 35.6 Å². The van der Waals surface area contributed by atoms with E-state index in [2.05, 4.69) is 27.4 Å². The summed E-state index contributed by atoms with van der Waals surface area (Å²) in [5, 5.41) is 3.10. The highest BCUT2D eigenvalue weighted by Crippen LogP contribution is 2.26. The Morgan fingerprint density at radius 3 is 2.79 bits per heavy atom. The quantitative estimate of drug-likeness (QED) is 0.290. The lowest BCUT2D eigenvalue weighted by molar-refractivity contribution is 0.440. The summed E-state index contributed by atoms with van der Waals surface area (Å²) >= 11 is 0. The zero-order chi connectivity index (χ0) is 19.3. The number of ether oxygens (including phenoxy) is 1. The smallest absolute Gasteiger partial charge is 0.193 e. The van der Waals surface area contributed by atoms with Crippen LogP contribution in [0, 0.1) is 5.82 Å². The summed E-state index contributed by atoms with van der Waals surface area (Å²) in [6, 6.07) is 14.5. The van der Waals surface area contributed by atoms with Gasteiger partial charge in [-0.25, -0.2) is 9.38 Å². The molecule has 2 aromatic carbocycles. The van der Waals surface area contributed by atoms with Gasteiger partial charge in [-0.3, -0.25) is 4.98 Å². The first kappa shape index (κ1) is 21.0. The summed E-state index contributed by atoms with van der Waals surface area (Å²) in [6.07, 6.45) is 6.61. The molecule has 1 aromatic heterocycles. The summed E-state index contributed by atoms with van der Waals surface area (Å²) in [5.74, 6) is 0.468. The van der Waals surface area contributed by atoms with Gasteiger partial charge in [0.2, 0.25) is 0 Å². The monoisotopic (exact) mass is 504 g/mol. The van der Waals surface area contributed by atoms with Gasteiger partial charge in [-0.1, -0.05) is 12.1 Å². The predicted molar refractivity (Wildman–Crippen MR) is 124 cm³/mol. The number of fused-ring (bicyclic) bond motifs is 1. The maximum atomic E-state index is 14.3. The van der Waals surface area contributed by atoms with Crippen molar-refractivity contribution in [3.8, 4) is 11.5 Å². The van der Waals surface area contributed by atoms with Crippen LogP contribution in [0.25, 0.3) is 0 Å². The highest BCUT2D eigenvalue weighted by molar-refractivity contribution is 14.0. The number of pyridine rings is 1. The van der Waals surface area contributed by atoms with E-state index >= 15 is 0 Å². The number of guanidine groups is 1. The number of anilines is 1. The number of aliphatic imine (C=N–C) groups is 1. The Bertz CT molecular complexity index is 1010. The molecular formula is C22H22FIN4O. The van der Waals surface area contributed by atoms with Crippen molar-refractivity contribution in [2.75, 3.05) is 5.32 Å². The number of hydrogen-bond donors (Lipinski definition) is 2. The van der Waals surface area contributed by atoms with E-state index in [4.69, 9.17) is 10.5 Å². The van der Waals surface area contributed by atoms with Crippen molar-refractivity contribution in [1.29, 1.82) is 0 Å². The maximum Gasteiger partial charge on any atom is 0.193 e. The highest BCUT2D eigenvalue weighted by Gasteiger charge is 2.11. The van der Waals surface area contributed by atoms with Crippen molar-refractivity contribution in [2.24, 2.45) is 10.7 Å². The minimum Gasteiger partial charge on any atom is -0.453 e. The third-order valence-corrected chi connectivity index (χ3v) is 4.66. The molecule has 0 spiro atoms. The number of hydrogen-bond acceptors (Lipinski definition) is 3. The molecule has 5 nitrogen and oxygen atoms in total. The van der Waals surface area contributed by atoms with Gasteiger partial charge in [-0.2, -0.15) is 0 Å². The molecule has 3 N–H and O–H groups in total. The number of halogens is 2. The standard InChI is InChI=1S/C22H21FN4O.HI/c23-20-11-15(6-9-21(20)28-19-5-2-10-25-14-19)13-26-22(24)27-18-8-7-16-3-1-4-17(16)12-18;/h2,5-12,14H,1,3-4,13H2,(H3,24,26,27);1H. The lowest BCUT2D eigenvalue weighted by Crippen LogP contribution is -2.22. The molecule has 0 unspecified atom stereocenters. The molecule has 7 heteroatoms. The molecular weight excluding hydrogens is 482 g/mol. The molecule has 0 atom stereocenters. The van der Waals surface area contributed by atoms with Crippen molar-refractivity contribution < 1.29 is 9.13 Å². The molecule has 0 bridgehead atoms. The van der Waals surface area contributed by atoms with E-state index in [1.165, 1.54) is 29.8 Å². The molecule has 3 aromatic rings. The normalized spacial score (nSPS) is 12.8. The van der Waals surface area contributed by atoms with Crippen LogP contribution in [0.4, 0.5) is 10.1 Å². The molecule has 150 valence electrons. The molecule has 0 fully saturated rings. The fourth-order valence-corrected chi connectivity index (χ4v) is 3.27. The van der Waals surface area contributed by atoms with E-state index in [1.54, 1.807) is 30.5 Å². The van der Waals surface area contributed by atoms with Gasteiger partial charge in [0.05, 0.1) is 12.7 Å². The average molecular weight is 504 g/mol. The number of benzene rings is 2. The Balaban J connectivity index is 0.00000240. The summed E-state index contributed by atoms with van der Waals surface area (Å²) in [5.41, 5.74) is 10.4. The van der Waals surface area contributed by atoms with Gasteiger partial charge in [0, 0.05) is 11.9 Å².